The lowest BCUT2D eigenvalue weighted by molar-refractivity contribution is -0.144. The molecule has 4 atom stereocenters. The standard InChI is InChI=1S/C51H60FN11O5S/c1-32-47(69-31-56-32)34-15-13-33(14-16-34)28-55-49(67)41-27-37(64)30-63(41)50(68)48(51(2,3)4)59-45(65)19-20-46(66)61-24-22-60(23-25-61)44-12-6-10-38(58-44)39-29-54-43(57-39)18-17-42(53)62-21-7-11-40(62)35-8-5-9-36(52)26-35/h5-6,8-10,12-18,26,29,31,37,40-41,48,53,64H,7,11,19-25,27-28,30H2,1-4H3,(H,54,57)(H,55,67)(H,59,65)/b18-17-,53-42?/t37-,40-,41+,48-/m1/s1. The molecule has 0 radical (unpaired) electrons. The van der Waals surface area contributed by atoms with Crippen LogP contribution in [0.5, 0.6) is 0 Å². The minimum Gasteiger partial charge on any atom is -0.391 e. The molecule has 8 rings (SSSR count). The average molecular weight is 958 g/mol. The van der Waals surface area contributed by atoms with E-state index < -0.39 is 35.4 Å². The molecule has 0 unspecified atom stereocenters. The van der Waals surface area contributed by atoms with Crippen molar-refractivity contribution in [2.75, 3.05) is 44.2 Å². The van der Waals surface area contributed by atoms with E-state index in [9.17, 15) is 28.7 Å². The first-order valence-corrected chi connectivity index (χ1v) is 24.4. The lowest BCUT2D eigenvalue weighted by Gasteiger charge is -2.36. The van der Waals surface area contributed by atoms with Crippen molar-refractivity contribution in [3.05, 3.63) is 113 Å². The van der Waals surface area contributed by atoms with Gasteiger partial charge in [0.15, 0.2) is 0 Å². The summed E-state index contributed by atoms with van der Waals surface area (Å²) in [6.45, 7) is 10.3. The lowest BCUT2D eigenvalue weighted by Crippen LogP contribution is -2.57. The maximum Gasteiger partial charge on any atom is 0.246 e. The maximum atomic E-state index is 14.1. The van der Waals surface area contributed by atoms with Crippen LogP contribution >= 0.6 is 11.3 Å². The van der Waals surface area contributed by atoms with Crippen LogP contribution < -0.4 is 15.5 Å². The number of nitrogens with one attached hydrogen (secondary N) is 4. The number of likely N-dealkylation sites (tertiary alicyclic amines) is 2. The van der Waals surface area contributed by atoms with Crippen LogP contribution in [0, 0.1) is 23.6 Å². The second-order valence-electron chi connectivity index (χ2n) is 19.0. The van der Waals surface area contributed by atoms with E-state index in [2.05, 4.69) is 30.5 Å². The summed E-state index contributed by atoms with van der Waals surface area (Å²) in [5, 5.41) is 25.1. The molecule has 18 heteroatoms. The van der Waals surface area contributed by atoms with Gasteiger partial charge in [-0.15, -0.1) is 11.3 Å². The molecular weight excluding hydrogens is 898 g/mol. The van der Waals surface area contributed by atoms with Crippen molar-refractivity contribution in [3.8, 4) is 21.8 Å². The van der Waals surface area contributed by atoms with Crippen LogP contribution in [-0.2, 0) is 25.7 Å². The number of carbonyl (C=O) groups is 4. The van der Waals surface area contributed by atoms with Gasteiger partial charge in [0.1, 0.15) is 35.4 Å². The fraction of sp³-hybridized carbons (Fsp3) is 0.412. The number of amides is 4. The number of H-pyrrole nitrogens is 1. The van der Waals surface area contributed by atoms with Gasteiger partial charge in [-0.05, 0) is 78.3 Å². The predicted molar refractivity (Wildman–Crippen MR) is 263 cm³/mol. The molecule has 0 bridgehead atoms. The summed E-state index contributed by atoms with van der Waals surface area (Å²) in [6, 6.07) is 18.2. The summed E-state index contributed by atoms with van der Waals surface area (Å²) in [7, 11) is 0. The Morgan fingerprint density at radius 3 is 2.48 bits per heavy atom. The highest BCUT2D eigenvalue weighted by atomic mass is 32.1. The average Bonchev–Trinajstić information content (AvgIpc) is 4.19. The fourth-order valence-electron chi connectivity index (χ4n) is 9.25. The van der Waals surface area contributed by atoms with Gasteiger partial charge >= 0.3 is 0 Å². The van der Waals surface area contributed by atoms with Gasteiger partial charge < -0.3 is 40.3 Å². The highest BCUT2D eigenvalue weighted by molar-refractivity contribution is 7.13. The van der Waals surface area contributed by atoms with Crippen molar-refractivity contribution in [1.82, 2.24) is 45.3 Å². The number of aliphatic hydroxyl groups excluding tert-OH is 1. The van der Waals surface area contributed by atoms with Crippen molar-refractivity contribution in [2.45, 2.75) is 90.6 Å². The number of hydrogen-bond donors (Lipinski definition) is 5. The number of imidazole rings is 1. The molecule has 3 aromatic heterocycles. The number of thiazole rings is 1. The largest absolute Gasteiger partial charge is 0.391 e. The minimum absolute atomic E-state index is 0.0371. The molecule has 5 aromatic rings. The fourth-order valence-corrected chi connectivity index (χ4v) is 10.1. The monoisotopic (exact) mass is 957 g/mol. The van der Waals surface area contributed by atoms with Crippen LogP contribution in [0.1, 0.15) is 81.6 Å². The first-order valence-electron chi connectivity index (χ1n) is 23.5. The number of nitrogens with zero attached hydrogens (tertiary/aromatic N) is 7. The number of benzene rings is 2. The third-order valence-corrected chi connectivity index (χ3v) is 14.0. The van der Waals surface area contributed by atoms with Gasteiger partial charge in [-0.3, -0.25) is 24.6 Å². The van der Waals surface area contributed by atoms with Gasteiger partial charge in [0, 0.05) is 65.1 Å². The smallest absolute Gasteiger partial charge is 0.246 e. The molecule has 0 saturated carbocycles. The Morgan fingerprint density at radius 1 is 0.986 bits per heavy atom. The van der Waals surface area contributed by atoms with E-state index in [4.69, 9.17) is 10.4 Å². The summed E-state index contributed by atoms with van der Waals surface area (Å²) in [5.41, 5.74) is 6.22. The Balaban J connectivity index is 0.797. The molecule has 0 aliphatic carbocycles. The summed E-state index contributed by atoms with van der Waals surface area (Å²) in [5.74, 6) is -0.102. The molecule has 6 heterocycles. The van der Waals surface area contributed by atoms with E-state index in [1.807, 2.05) is 86.6 Å². The highest BCUT2D eigenvalue weighted by Crippen LogP contribution is 2.33. The number of hydrogen-bond acceptors (Lipinski definition) is 11. The van der Waals surface area contributed by atoms with Crippen LogP contribution in [0.15, 0.2) is 84.5 Å². The summed E-state index contributed by atoms with van der Waals surface area (Å²) in [6.07, 6.45) is 5.96. The topological polar surface area (TPSA) is 204 Å². The van der Waals surface area contributed by atoms with Gasteiger partial charge in [0.05, 0.1) is 45.8 Å². The number of aliphatic hydroxyl groups is 1. The molecule has 3 fully saturated rings. The number of amidine groups is 1. The second-order valence-corrected chi connectivity index (χ2v) is 19.9. The quantitative estimate of drug-likeness (QED) is 0.0639. The van der Waals surface area contributed by atoms with E-state index in [-0.39, 0.29) is 56.0 Å². The highest BCUT2D eigenvalue weighted by Gasteiger charge is 2.44. The zero-order valence-corrected chi connectivity index (χ0v) is 40.3. The number of carbonyl (C=O) groups excluding carboxylic acids is 4. The third-order valence-electron chi connectivity index (χ3n) is 13.0. The van der Waals surface area contributed by atoms with Crippen LogP contribution in [0.4, 0.5) is 10.2 Å². The van der Waals surface area contributed by atoms with Crippen LogP contribution in [0.3, 0.4) is 0 Å². The van der Waals surface area contributed by atoms with E-state index in [0.29, 0.717) is 49.2 Å². The first-order chi connectivity index (χ1) is 33.1. The van der Waals surface area contributed by atoms with Crippen LogP contribution in [-0.4, -0.2) is 127 Å². The Labute approximate surface area is 405 Å². The van der Waals surface area contributed by atoms with Crippen LogP contribution in [0.25, 0.3) is 27.9 Å². The predicted octanol–water partition coefficient (Wildman–Crippen LogP) is 6.11. The number of aromatic amines is 1. The molecule has 3 saturated heterocycles. The Bertz CT molecular complexity index is 2690. The minimum atomic E-state index is -1.00. The van der Waals surface area contributed by atoms with Crippen molar-refractivity contribution < 1.29 is 28.7 Å². The second kappa shape index (κ2) is 21.2. The number of aryl methyl sites for hydroxylation is 1. The molecule has 16 nitrogen and oxygen atoms in total. The Hall–Kier alpha value is -6.79. The molecule has 69 heavy (non-hydrogen) atoms. The zero-order chi connectivity index (χ0) is 48.8. The van der Waals surface area contributed by atoms with Gasteiger partial charge in [0.25, 0.3) is 0 Å². The van der Waals surface area contributed by atoms with Crippen molar-refractivity contribution in [1.29, 1.82) is 5.41 Å². The number of aromatic nitrogens is 4. The molecule has 362 valence electrons. The van der Waals surface area contributed by atoms with Gasteiger partial charge in [-0.2, -0.15) is 0 Å². The van der Waals surface area contributed by atoms with Crippen molar-refractivity contribution in [3.63, 3.8) is 0 Å². The number of pyridine rings is 1. The first kappa shape index (κ1) is 48.7. The Kier molecular flexibility index (Phi) is 15.0. The van der Waals surface area contributed by atoms with Crippen LogP contribution in [0.2, 0.25) is 0 Å². The van der Waals surface area contributed by atoms with E-state index in [1.165, 1.54) is 17.0 Å². The zero-order valence-electron chi connectivity index (χ0n) is 39.5. The van der Waals surface area contributed by atoms with Crippen molar-refractivity contribution in [2.24, 2.45) is 5.41 Å². The third kappa shape index (κ3) is 11.7. The molecule has 0 spiro atoms. The van der Waals surface area contributed by atoms with Gasteiger partial charge in [-0.1, -0.05) is 63.2 Å². The number of β-amino-alcohol motifs (C(OH)–C–C–N with tert-alkyl or cyclic N) is 1. The number of piperazine rings is 1. The number of rotatable bonds is 14. The molecule has 5 N–H and O–H groups in total. The maximum absolute atomic E-state index is 14.1. The van der Waals surface area contributed by atoms with E-state index in [0.717, 1.165) is 52.5 Å². The van der Waals surface area contributed by atoms with E-state index >= 15 is 0 Å². The SMILES string of the molecule is Cc1ncsc1-c1ccc(CNC(=O)[C@@H]2C[C@@H](O)CN2C(=O)[C@@H](NC(=O)CCC(=O)N2CCN(c3cccc(-c4cnc(/C=C\C(=N)N5CCC[C@@H]5c5cccc(F)c5)[nH]4)n3)CC2)C(C)(C)C)cc1. The molecule has 3 aliphatic heterocycles. The molecular formula is C51H60FN11O5S. The lowest BCUT2D eigenvalue weighted by atomic mass is 9.85. The molecule has 3 aliphatic rings. The molecule has 4 amide bonds. The van der Waals surface area contributed by atoms with Crippen molar-refractivity contribution >= 4 is 52.7 Å². The summed E-state index contributed by atoms with van der Waals surface area (Å²) >= 11 is 1.57. The van der Waals surface area contributed by atoms with E-state index in [1.54, 1.807) is 40.7 Å². The van der Waals surface area contributed by atoms with Gasteiger partial charge in [0.2, 0.25) is 23.6 Å². The summed E-state index contributed by atoms with van der Waals surface area (Å²) < 4.78 is 13.9. The number of halogens is 1. The summed E-state index contributed by atoms with van der Waals surface area (Å²) in [4.78, 5) is 79.7. The molecule has 2 aromatic carbocycles. The van der Waals surface area contributed by atoms with Gasteiger partial charge in [-0.25, -0.2) is 19.3 Å². The normalized spacial score (nSPS) is 19.0. The Morgan fingerprint density at radius 2 is 1.75 bits per heavy atom. The number of anilines is 1.